The molecule has 3 saturated heterocycles. The number of hydrogen-bond donors (Lipinski definition) is 1. The van der Waals surface area contributed by atoms with Gasteiger partial charge in [0.05, 0.1) is 41.8 Å². The zero-order valence-corrected chi connectivity index (χ0v) is 31.4. The molecule has 3 saturated carbocycles. The first-order valence-corrected chi connectivity index (χ1v) is 20.0. The second-order valence-electron chi connectivity index (χ2n) is 17.4. The van der Waals surface area contributed by atoms with E-state index in [9.17, 15) is 19.2 Å². The highest BCUT2D eigenvalue weighted by Crippen LogP contribution is 2.51. The molecule has 11 nitrogen and oxygen atoms in total. The smallest absolute Gasteiger partial charge is 0.407 e. The van der Waals surface area contributed by atoms with Crippen LogP contribution in [0.5, 0.6) is 0 Å². The van der Waals surface area contributed by atoms with Crippen LogP contribution in [0.1, 0.15) is 98.8 Å². The van der Waals surface area contributed by atoms with Crippen LogP contribution < -0.4 is 5.32 Å². The molecule has 0 aromatic rings. The lowest BCUT2D eigenvalue weighted by Gasteiger charge is -2.61. The number of ether oxygens (including phenoxy) is 2. The molecule has 284 valence electrons. The highest BCUT2D eigenvalue weighted by atomic mass is 19.1. The van der Waals surface area contributed by atoms with Gasteiger partial charge < -0.3 is 29.5 Å². The molecule has 0 aromatic carbocycles. The number of fused-ring (bicyclic) bond motifs is 3. The maximum Gasteiger partial charge on any atom is 0.407 e. The third-order valence-corrected chi connectivity index (χ3v) is 13.2. The van der Waals surface area contributed by atoms with E-state index in [-0.39, 0.29) is 59.7 Å². The van der Waals surface area contributed by atoms with E-state index >= 15 is 4.39 Å². The van der Waals surface area contributed by atoms with E-state index < -0.39 is 35.9 Å². The lowest BCUT2D eigenvalue weighted by Crippen LogP contribution is -2.73. The van der Waals surface area contributed by atoms with Crippen LogP contribution >= 0.6 is 0 Å². The van der Waals surface area contributed by atoms with Gasteiger partial charge in [0, 0.05) is 57.4 Å². The number of alkyl carbamates (subject to hydrolysis) is 1. The number of ketones is 1. The molecule has 3 amide bonds. The van der Waals surface area contributed by atoms with E-state index in [4.69, 9.17) is 9.47 Å². The number of nitrogens with zero attached hydrogens (tertiary/aromatic N) is 4. The fourth-order valence-corrected chi connectivity index (χ4v) is 10.8. The summed E-state index contributed by atoms with van der Waals surface area (Å²) >= 11 is 0. The van der Waals surface area contributed by atoms with Crippen molar-refractivity contribution < 1.29 is 33.0 Å². The third kappa shape index (κ3) is 7.17. The molecule has 12 heteroatoms. The van der Waals surface area contributed by atoms with E-state index in [1.807, 2.05) is 45.7 Å². The summed E-state index contributed by atoms with van der Waals surface area (Å²) in [6, 6.07) is -1.06. The second-order valence-corrected chi connectivity index (χ2v) is 17.4. The van der Waals surface area contributed by atoms with Crippen molar-refractivity contribution in [3.05, 3.63) is 11.8 Å². The molecule has 4 aliphatic heterocycles. The Kier molecular flexibility index (Phi) is 10.5. The fourth-order valence-electron chi connectivity index (χ4n) is 10.8. The quantitative estimate of drug-likeness (QED) is 0.406. The van der Waals surface area contributed by atoms with Gasteiger partial charge in [-0.1, -0.05) is 25.7 Å². The fraction of sp³-hybridized carbons (Fsp3) is 0.846. The maximum atomic E-state index is 16.7. The zero-order valence-electron chi connectivity index (χ0n) is 31.4. The number of nitrogens with one attached hydrogen (secondary N) is 1. The summed E-state index contributed by atoms with van der Waals surface area (Å²) in [6.45, 7) is 12.6. The Hall–Kier alpha value is -2.73. The number of carbonyl (C=O) groups excluding carboxylic acids is 4. The Morgan fingerprint density at radius 2 is 1.69 bits per heavy atom. The molecule has 3 aliphatic carbocycles. The van der Waals surface area contributed by atoms with Crippen molar-refractivity contribution in [3.8, 4) is 0 Å². The molecule has 51 heavy (non-hydrogen) atoms. The summed E-state index contributed by atoms with van der Waals surface area (Å²) in [4.78, 5) is 62.6. The molecule has 0 spiro atoms. The van der Waals surface area contributed by atoms with Crippen molar-refractivity contribution in [1.82, 2.24) is 24.9 Å². The van der Waals surface area contributed by atoms with Crippen molar-refractivity contribution in [1.29, 1.82) is 0 Å². The van der Waals surface area contributed by atoms with Crippen LogP contribution in [0.4, 0.5) is 9.18 Å². The van der Waals surface area contributed by atoms with Gasteiger partial charge in [0.15, 0.2) is 5.78 Å². The third-order valence-electron chi connectivity index (χ3n) is 13.2. The summed E-state index contributed by atoms with van der Waals surface area (Å²) in [5.41, 5.74) is -0.469. The first kappa shape index (κ1) is 36.6. The largest absolute Gasteiger partial charge is 0.444 e. The van der Waals surface area contributed by atoms with Crippen molar-refractivity contribution in [2.24, 2.45) is 23.7 Å². The van der Waals surface area contributed by atoms with Gasteiger partial charge in [-0.25, -0.2) is 9.18 Å². The Balaban J connectivity index is 1.16. The van der Waals surface area contributed by atoms with E-state index in [0.29, 0.717) is 63.9 Å². The first-order chi connectivity index (χ1) is 24.4. The van der Waals surface area contributed by atoms with Crippen LogP contribution in [0.3, 0.4) is 0 Å². The van der Waals surface area contributed by atoms with Crippen molar-refractivity contribution in [3.63, 3.8) is 0 Å². The number of alkyl halides is 1. The topological polar surface area (TPSA) is 112 Å². The van der Waals surface area contributed by atoms with Crippen molar-refractivity contribution in [2.45, 2.75) is 147 Å². The summed E-state index contributed by atoms with van der Waals surface area (Å²) in [5, 5.41) is 2.98. The minimum absolute atomic E-state index is 0.0271. The van der Waals surface area contributed by atoms with Crippen LogP contribution in [0.15, 0.2) is 11.8 Å². The second kappa shape index (κ2) is 14.6. The number of rotatable bonds is 6. The van der Waals surface area contributed by atoms with Crippen LogP contribution in [-0.4, -0.2) is 131 Å². The van der Waals surface area contributed by atoms with Gasteiger partial charge in [-0.15, -0.1) is 0 Å². The van der Waals surface area contributed by atoms with Gasteiger partial charge in [0.25, 0.3) is 5.91 Å². The molecule has 0 aromatic heterocycles. The molecule has 11 unspecified atom stereocenters. The molecule has 0 radical (unpaired) electrons. The molecule has 0 bridgehead atoms. The lowest BCUT2D eigenvalue weighted by atomic mass is 9.64. The first-order valence-electron chi connectivity index (χ1n) is 20.0. The molecule has 7 rings (SSSR count). The predicted octanol–water partition coefficient (Wildman–Crippen LogP) is 4.29. The molecular weight excluding hydrogens is 653 g/mol. The van der Waals surface area contributed by atoms with Gasteiger partial charge in [-0.3, -0.25) is 19.3 Å². The van der Waals surface area contributed by atoms with Crippen LogP contribution in [0.2, 0.25) is 0 Å². The average molecular weight is 714 g/mol. The number of morpholine rings is 1. The van der Waals surface area contributed by atoms with Crippen LogP contribution in [-0.2, 0) is 23.9 Å². The number of likely N-dealkylation sites (tertiary alicyclic amines) is 2. The molecule has 1 N–H and O–H groups in total. The van der Waals surface area contributed by atoms with Gasteiger partial charge in [-0.2, -0.15) is 0 Å². The van der Waals surface area contributed by atoms with E-state index in [1.165, 1.54) is 25.7 Å². The molecule has 4 heterocycles. The SMILES string of the molecule is CCN(CC)C(=O)C1CCCN(C(=O)C2=CN3C4CC5CCCCC5CC4OC4C(N5CCC(NC(=O)OC(C)(C)C)C5)C(F)CC(C2=O)C43)C1. The van der Waals surface area contributed by atoms with Crippen molar-refractivity contribution >= 4 is 23.7 Å². The molecule has 7 aliphatic rings. The van der Waals surface area contributed by atoms with Crippen LogP contribution in [0, 0.1) is 23.7 Å². The lowest BCUT2D eigenvalue weighted by molar-refractivity contribution is -0.219. The Morgan fingerprint density at radius 3 is 2.39 bits per heavy atom. The van der Waals surface area contributed by atoms with Crippen LogP contribution in [0.25, 0.3) is 0 Å². The Morgan fingerprint density at radius 1 is 0.961 bits per heavy atom. The highest BCUT2D eigenvalue weighted by Gasteiger charge is 2.61. The molecule has 6 fully saturated rings. The van der Waals surface area contributed by atoms with E-state index in [1.54, 1.807) is 4.90 Å². The highest BCUT2D eigenvalue weighted by molar-refractivity contribution is 6.20. The summed E-state index contributed by atoms with van der Waals surface area (Å²) in [6.07, 6.45) is 8.24. The van der Waals surface area contributed by atoms with E-state index in [2.05, 4.69) is 15.1 Å². The number of hydrogen-bond acceptors (Lipinski definition) is 8. The zero-order chi connectivity index (χ0) is 36.2. The summed E-state index contributed by atoms with van der Waals surface area (Å²) in [7, 11) is 0. The number of carbonyl (C=O) groups is 4. The van der Waals surface area contributed by atoms with Gasteiger partial charge in [-0.05, 0) is 85.0 Å². The number of amides is 3. The number of piperidine rings is 1. The normalized spacial score (nSPS) is 38.2. The monoisotopic (exact) mass is 713 g/mol. The van der Waals surface area contributed by atoms with Gasteiger partial charge in [0.2, 0.25) is 5.91 Å². The number of Topliss-reactive ketones (excluding diaryl/α,β-unsaturated/α-hetero) is 1. The van der Waals surface area contributed by atoms with Crippen molar-refractivity contribution in [2.75, 3.05) is 39.3 Å². The Labute approximate surface area is 303 Å². The van der Waals surface area contributed by atoms with Gasteiger partial charge >= 0.3 is 6.09 Å². The summed E-state index contributed by atoms with van der Waals surface area (Å²) < 4.78 is 29.3. The number of halogens is 1. The predicted molar refractivity (Wildman–Crippen MR) is 189 cm³/mol. The van der Waals surface area contributed by atoms with E-state index in [0.717, 1.165) is 19.3 Å². The molecule has 11 atom stereocenters. The Bertz CT molecular complexity index is 1380. The maximum absolute atomic E-state index is 16.7. The van der Waals surface area contributed by atoms with Gasteiger partial charge in [0.1, 0.15) is 11.8 Å². The molecular formula is C39H60FN5O6. The minimum Gasteiger partial charge on any atom is -0.444 e. The summed E-state index contributed by atoms with van der Waals surface area (Å²) in [5.74, 6) is -0.356. The standard InChI is InChI=1S/C39H60FN5O6/c1-6-42(7-2)36(47)25-13-10-15-44(20-25)37(48)28-22-45-30-17-23-11-8-9-12-24(23)18-31(30)50-35-32(45)27(34(28)46)19-29(40)33(35)43-16-14-26(21-43)41-38(49)51-39(3,4)5/h22-27,29-33,35H,6-21H2,1-5H3,(H,41,49). The average Bonchev–Trinajstić information content (AvgIpc) is 3.55. The minimum atomic E-state index is -1.33.